The molecule has 1 saturated heterocycles. The molecule has 4 rings (SSSR count). The van der Waals surface area contributed by atoms with Gasteiger partial charge < -0.3 is 10.1 Å². The fraction of sp³-hybridized carbons (Fsp3) is 0.409. The van der Waals surface area contributed by atoms with Gasteiger partial charge in [-0.05, 0) is 50.1 Å². The summed E-state index contributed by atoms with van der Waals surface area (Å²) in [5.41, 5.74) is 1.36. The summed E-state index contributed by atoms with van der Waals surface area (Å²) in [4.78, 5) is 14.1. The third-order valence-electron chi connectivity index (χ3n) is 5.46. The molecule has 2 heterocycles. The van der Waals surface area contributed by atoms with Crippen LogP contribution in [0.3, 0.4) is 0 Å². The summed E-state index contributed by atoms with van der Waals surface area (Å²) in [5, 5.41) is 3.16. The first-order valence-corrected chi connectivity index (χ1v) is 13.0. The van der Waals surface area contributed by atoms with E-state index in [1.54, 1.807) is 17.8 Å². The van der Waals surface area contributed by atoms with Crippen LogP contribution in [0.5, 0.6) is 0 Å². The van der Waals surface area contributed by atoms with E-state index >= 15 is 0 Å². The van der Waals surface area contributed by atoms with E-state index in [1.165, 1.54) is 16.4 Å². The highest BCUT2D eigenvalue weighted by molar-refractivity contribution is 7.99. The molecule has 31 heavy (non-hydrogen) atoms. The number of carbonyl (C=O) groups excluding carboxylic acids is 1. The Hall–Kier alpha value is -1.58. The van der Waals surface area contributed by atoms with Crippen LogP contribution >= 0.6 is 23.4 Å². The summed E-state index contributed by atoms with van der Waals surface area (Å²) in [6.07, 6.45) is 0.386. The Morgan fingerprint density at radius 3 is 2.61 bits per heavy atom. The van der Waals surface area contributed by atoms with Crippen LogP contribution in [0.4, 0.5) is 0 Å². The van der Waals surface area contributed by atoms with Crippen LogP contribution in [0, 0.1) is 0 Å². The minimum Gasteiger partial charge on any atom is -0.373 e. The third-order valence-corrected chi connectivity index (χ3v) is 8.90. The standard InChI is InChI=1S/C22H25ClN2O4S2/c1-14-12-25(13-15(2)29-14)31(27,28)21-11-16(7-8-18(21)23)22(26)24-19-9-10-30-20-6-4-3-5-17(19)20/h3-8,11,14-15,19H,9-10,12-13H2,1-2H3,(H,24,26). The second-order valence-corrected chi connectivity index (χ2v) is 11.4. The van der Waals surface area contributed by atoms with Crippen LogP contribution in [-0.4, -0.2) is 49.7 Å². The maximum Gasteiger partial charge on any atom is 0.251 e. The average Bonchev–Trinajstić information content (AvgIpc) is 2.73. The van der Waals surface area contributed by atoms with Gasteiger partial charge in [-0.3, -0.25) is 4.79 Å². The highest BCUT2D eigenvalue weighted by Gasteiger charge is 2.34. The number of nitrogens with one attached hydrogen (secondary N) is 1. The normalized spacial score (nSPS) is 24.4. The first-order chi connectivity index (χ1) is 14.8. The smallest absolute Gasteiger partial charge is 0.251 e. The zero-order valence-electron chi connectivity index (χ0n) is 17.4. The Morgan fingerprint density at radius 1 is 1.16 bits per heavy atom. The van der Waals surface area contributed by atoms with Crippen molar-refractivity contribution >= 4 is 39.3 Å². The van der Waals surface area contributed by atoms with Gasteiger partial charge in [-0.1, -0.05) is 29.8 Å². The second-order valence-electron chi connectivity index (χ2n) is 7.93. The quantitative estimate of drug-likeness (QED) is 0.712. The Bertz CT molecular complexity index is 1080. The van der Waals surface area contributed by atoms with Crippen LogP contribution in [0.2, 0.25) is 5.02 Å². The van der Waals surface area contributed by atoms with Crippen molar-refractivity contribution in [1.29, 1.82) is 0 Å². The first-order valence-electron chi connectivity index (χ1n) is 10.2. The molecule has 6 nitrogen and oxygen atoms in total. The number of morpholine rings is 1. The van der Waals surface area contributed by atoms with E-state index in [4.69, 9.17) is 16.3 Å². The summed E-state index contributed by atoms with van der Waals surface area (Å²) in [5.74, 6) is 0.596. The minimum atomic E-state index is -3.86. The number of hydrogen-bond donors (Lipinski definition) is 1. The molecular formula is C22H25ClN2O4S2. The molecule has 0 bridgehead atoms. The number of benzene rings is 2. The van der Waals surface area contributed by atoms with Gasteiger partial charge in [0.05, 0.1) is 23.3 Å². The lowest BCUT2D eigenvalue weighted by Gasteiger charge is -2.34. The molecule has 1 N–H and O–H groups in total. The minimum absolute atomic E-state index is 0.0530. The lowest BCUT2D eigenvalue weighted by molar-refractivity contribution is -0.0440. The molecule has 3 atom stereocenters. The number of nitrogens with zero attached hydrogens (tertiary/aromatic N) is 1. The van der Waals surface area contributed by atoms with Gasteiger partial charge >= 0.3 is 0 Å². The highest BCUT2D eigenvalue weighted by Crippen LogP contribution is 2.36. The molecule has 0 saturated carbocycles. The molecular weight excluding hydrogens is 456 g/mol. The van der Waals surface area contributed by atoms with Crippen LogP contribution in [0.1, 0.15) is 42.2 Å². The zero-order valence-corrected chi connectivity index (χ0v) is 19.8. The fourth-order valence-corrected chi connectivity index (χ4v) is 7.26. The summed E-state index contributed by atoms with van der Waals surface area (Å²) in [6.45, 7) is 4.17. The van der Waals surface area contributed by atoms with Crippen molar-refractivity contribution < 1.29 is 17.9 Å². The SMILES string of the molecule is CC1CN(S(=O)(=O)c2cc(C(=O)NC3CCSc4ccccc43)ccc2Cl)CC(C)O1. The molecule has 1 fully saturated rings. The topological polar surface area (TPSA) is 75.7 Å². The Kier molecular flexibility index (Phi) is 6.65. The number of rotatable bonds is 4. The van der Waals surface area contributed by atoms with Gasteiger partial charge in [0.2, 0.25) is 10.0 Å². The molecule has 0 aliphatic carbocycles. The van der Waals surface area contributed by atoms with E-state index in [0.29, 0.717) is 0 Å². The number of fused-ring (bicyclic) bond motifs is 1. The van der Waals surface area contributed by atoms with E-state index in [-0.39, 0.29) is 52.7 Å². The van der Waals surface area contributed by atoms with E-state index in [0.717, 1.165) is 22.6 Å². The Labute approximate surface area is 192 Å². The van der Waals surface area contributed by atoms with Gasteiger partial charge in [-0.15, -0.1) is 11.8 Å². The predicted octanol–water partition coefficient (Wildman–Crippen LogP) is 4.10. The lowest BCUT2D eigenvalue weighted by atomic mass is 10.0. The highest BCUT2D eigenvalue weighted by atomic mass is 35.5. The first kappa shape index (κ1) is 22.6. The molecule has 2 aliphatic rings. The fourth-order valence-electron chi connectivity index (χ4n) is 4.04. The van der Waals surface area contributed by atoms with Crippen LogP contribution in [-0.2, 0) is 14.8 Å². The monoisotopic (exact) mass is 480 g/mol. The Balaban J connectivity index is 1.59. The molecule has 166 valence electrons. The van der Waals surface area contributed by atoms with Crippen LogP contribution in [0.15, 0.2) is 52.3 Å². The maximum atomic E-state index is 13.3. The second kappa shape index (κ2) is 9.11. The molecule has 0 aromatic heterocycles. The number of hydrogen-bond acceptors (Lipinski definition) is 5. The summed E-state index contributed by atoms with van der Waals surface area (Å²) in [6, 6.07) is 12.3. The van der Waals surface area contributed by atoms with Gasteiger partial charge in [0.25, 0.3) is 5.91 Å². The van der Waals surface area contributed by atoms with Gasteiger partial charge in [0, 0.05) is 29.3 Å². The average molecular weight is 481 g/mol. The van der Waals surface area contributed by atoms with E-state index in [9.17, 15) is 13.2 Å². The van der Waals surface area contributed by atoms with Crippen molar-refractivity contribution in [2.45, 2.75) is 48.3 Å². The van der Waals surface area contributed by atoms with Crippen molar-refractivity contribution in [3.8, 4) is 0 Å². The molecule has 2 aliphatic heterocycles. The summed E-state index contributed by atoms with van der Waals surface area (Å²) in [7, 11) is -3.86. The third kappa shape index (κ3) is 4.78. The summed E-state index contributed by atoms with van der Waals surface area (Å²) < 4.78 is 33.6. The van der Waals surface area contributed by atoms with Gasteiger partial charge in [0.1, 0.15) is 4.90 Å². The largest absolute Gasteiger partial charge is 0.373 e. The molecule has 0 spiro atoms. The van der Waals surface area contributed by atoms with Crippen molar-refractivity contribution in [1.82, 2.24) is 9.62 Å². The summed E-state index contributed by atoms with van der Waals surface area (Å²) >= 11 is 8.04. The van der Waals surface area contributed by atoms with Crippen molar-refractivity contribution in [2.75, 3.05) is 18.8 Å². The lowest BCUT2D eigenvalue weighted by Crippen LogP contribution is -2.48. The molecule has 3 unspecified atom stereocenters. The van der Waals surface area contributed by atoms with Gasteiger partial charge in [-0.25, -0.2) is 8.42 Å². The van der Waals surface area contributed by atoms with E-state index < -0.39 is 10.0 Å². The molecule has 2 aromatic carbocycles. The van der Waals surface area contributed by atoms with Gasteiger partial charge in [-0.2, -0.15) is 4.31 Å². The van der Waals surface area contributed by atoms with Crippen molar-refractivity contribution in [2.24, 2.45) is 0 Å². The number of carbonyl (C=O) groups is 1. The van der Waals surface area contributed by atoms with Gasteiger partial charge in [0.15, 0.2) is 0 Å². The van der Waals surface area contributed by atoms with Crippen LogP contribution < -0.4 is 5.32 Å². The molecule has 2 aromatic rings. The zero-order chi connectivity index (χ0) is 22.2. The molecule has 9 heteroatoms. The number of sulfonamides is 1. The number of halogens is 1. The van der Waals surface area contributed by atoms with Crippen molar-refractivity contribution in [3.63, 3.8) is 0 Å². The van der Waals surface area contributed by atoms with Crippen LogP contribution in [0.25, 0.3) is 0 Å². The number of ether oxygens (including phenoxy) is 1. The predicted molar refractivity (Wildman–Crippen MR) is 122 cm³/mol. The Morgan fingerprint density at radius 2 is 1.87 bits per heavy atom. The maximum absolute atomic E-state index is 13.3. The van der Waals surface area contributed by atoms with E-state index in [1.807, 2.05) is 32.0 Å². The number of amides is 1. The molecule has 1 amide bonds. The van der Waals surface area contributed by atoms with Crippen molar-refractivity contribution in [3.05, 3.63) is 58.6 Å². The molecule has 0 radical (unpaired) electrons. The van der Waals surface area contributed by atoms with E-state index in [2.05, 4.69) is 11.4 Å². The number of thioether (sulfide) groups is 1.